The zero-order valence-electron chi connectivity index (χ0n) is 8.16. The monoisotopic (exact) mass is 182 g/mol. The maximum absolute atomic E-state index is 10.9. The van der Waals surface area contributed by atoms with Gasteiger partial charge in [0.25, 0.3) is 0 Å². The lowest BCUT2D eigenvalue weighted by Crippen LogP contribution is -2.18. The molecule has 1 rings (SSSR count). The van der Waals surface area contributed by atoms with Gasteiger partial charge in [-0.1, -0.05) is 0 Å². The Hall–Kier alpha value is -1.39. The lowest BCUT2D eigenvalue weighted by Gasteiger charge is -2.00. The molecule has 0 saturated heterocycles. The molecule has 1 N–H and O–H groups in total. The van der Waals surface area contributed by atoms with Crippen LogP contribution in [-0.4, -0.2) is 27.7 Å². The summed E-state index contributed by atoms with van der Waals surface area (Å²) in [5.74, 6) is 1.74. The summed E-state index contributed by atoms with van der Waals surface area (Å²) < 4.78 is 1.89. The van der Waals surface area contributed by atoms with Crippen LogP contribution in [0, 0.1) is 6.92 Å². The van der Waals surface area contributed by atoms with E-state index >= 15 is 0 Å². The smallest absolute Gasteiger partial charge is 0.220 e. The van der Waals surface area contributed by atoms with Crippen molar-refractivity contribution in [1.29, 1.82) is 0 Å². The second-order valence-electron chi connectivity index (χ2n) is 2.90. The molecule has 0 saturated carbocycles. The lowest BCUT2D eigenvalue weighted by atomic mass is 10.3. The summed E-state index contributed by atoms with van der Waals surface area (Å²) in [7, 11) is 3.53. The van der Waals surface area contributed by atoms with Gasteiger partial charge >= 0.3 is 0 Å². The van der Waals surface area contributed by atoms with E-state index in [9.17, 15) is 4.79 Å². The lowest BCUT2D eigenvalue weighted by molar-refractivity contribution is -0.120. The molecule has 0 bridgehead atoms. The first-order valence-corrected chi connectivity index (χ1v) is 4.20. The Balaban J connectivity index is 2.55. The number of carbonyl (C=O) groups excluding carboxylic acids is 1. The van der Waals surface area contributed by atoms with E-state index in [0.29, 0.717) is 12.8 Å². The maximum atomic E-state index is 10.9. The van der Waals surface area contributed by atoms with Crippen LogP contribution >= 0.6 is 0 Å². The molecular weight excluding hydrogens is 168 g/mol. The molecule has 0 aliphatic heterocycles. The minimum atomic E-state index is 0.0284. The highest BCUT2D eigenvalue weighted by atomic mass is 16.1. The molecule has 0 spiro atoms. The molecule has 0 unspecified atom stereocenters. The third-order valence-electron chi connectivity index (χ3n) is 2.04. The van der Waals surface area contributed by atoms with Gasteiger partial charge in [-0.25, -0.2) is 0 Å². The van der Waals surface area contributed by atoms with Crippen molar-refractivity contribution in [1.82, 2.24) is 20.1 Å². The van der Waals surface area contributed by atoms with E-state index in [2.05, 4.69) is 15.5 Å². The van der Waals surface area contributed by atoms with E-state index in [-0.39, 0.29) is 5.91 Å². The molecule has 0 aliphatic rings. The quantitative estimate of drug-likeness (QED) is 0.704. The van der Waals surface area contributed by atoms with Crippen LogP contribution < -0.4 is 5.32 Å². The number of nitrogens with zero attached hydrogens (tertiary/aromatic N) is 3. The Morgan fingerprint density at radius 1 is 1.54 bits per heavy atom. The number of amides is 1. The predicted molar refractivity (Wildman–Crippen MR) is 48.1 cm³/mol. The fourth-order valence-electron chi connectivity index (χ4n) is 1.02. The zero-order chi connectivity index (χ0) is 9.84. The van der Waals surface area contributed by atoms with Gasteiger partial charge < -0.3 is 9.88 Å². The van der Waals surface area contributed by atoms with Crippen LogP contribution in [0.5, 0.6) is 0 Å². The van der Waals surface area contributed by atoms with Gasteiger partial charge in [-0.05, 0) is 6.92 Å². The number of nitrogens with one attached hydrogen (secondary N) is 1. The number of hydrogen-bond donors (Lipinski definition) is 1. The molecule has 13 heavy (non-hydrogen) atoms. The molecule has 0 aromatic carbocycles. The van der Waals surface area contributed by atoms with Crippen molar-refractivity contribution in [3.63, 3.8) is 0 Å². The van der Waals surface area contributed by atoms with Gasteiger partial charge in [0.15, 0.2) is 0 Å². The SMILES string of the molecule is CNC(=O)CCc1nnc(C)n1C. The molecule has 0 aliphatic carbocycles. The molecule has 0 atom stereocenters. The summed E-state index contributed by atoms with van der Waals surface area (Å²) in [6.45, 7) is 1.89. The fraction of sp³-hybridized carbons (Fsp3) is 0.625. The standard InChI is InChI=1S/C8H14N4O/c1-6-10-11-7(12(6)3)4-5-8(13)9-2/h4-5H2,1-3H3,(H,9,13). The molecule has 5 heteroatoms. The first kappa shape index (κ1) is 9.70. The van der Waals surface area contributed by atoms with Crippen molar-refractivity contribution < 1.29 is 4.79 Å². The van der Waals surface area contributed by atoms with E-state index in [1.54, 1.807) is 7.05 Å². The zero-order valence-corrected chi connectivity index (χ0v) is 8.16. The highest BCUT2D eigenvalue weighted by Crippen LogP contribution is 2.00. The number of hydrogen-bond acceptors (Lipinski definition) is 3. The van der Waals surface area contributed by atoms with E-state index in [1.807, 2.05) is 18.5 Å². The molecular formula is C8H14N4O. The van der Waals surface area contributed by atoms with E-state index < -0.39 is 0 Å². The van der Waals surface area contributed by atoms with E-state index in [1.165, 1.54) is 0 Å². The van der Waals surface area contributed by atoms with Crippen molar-refractivity contribution in [2.24, 2.45) is 7.05 Å². The van der Waals surface area contributed by atoms with Crippen molar-refractivity contribution >= 4 is 5.91 Å². The summed E-state index contributed by atoms with van der Waals surface area (Å²) in [6, 6.07) is 0. The third-order valence-corrected chi connectivity index (χ3v) is 2.04. The van der Waals surface area contributed by atoms with Crippen molar-refractivity contribution in [3.05, 3.63) is 11.6 Å². The molecule has 0 fully saturated rings. The first-order valence-electron chi connectivity index (χ1n) is 4.20. The summed E-state index contributed by atoms with van der Waals surface area (Å²) >= 11 is 0. The molecule has 1 aromatic heterocycles. The normalized spacial score (nSPS) is 10.1. The number of aryl methyl sites for hydroxylation is 2. The number of rotatable bonds is 3. The van der Waals surface area contributed by atoms with Gasteiger partial charge in [0.05, 0.1) is 0 Å². The van der Waals surface area contributed by atoms with E-state index in [4.69, 9.17) is 0 Å². The van der Waals surface area contributed by atoms with Gasteiger partial charge in [0.2, 0.25) is 5.91 Å². The minimum absolute atomic E-state index is 0.0284. The number of aromatic nitrogens is 3. The molecule has 0 radical (unpaired) electrons. The third kappa shape index (κ3) is 2.27. The highest BCUT2D eigenvalue weighted by Gasteiger charge is 2.06. The molecule has 1 aromatic rings. The molecule has 72 valence electrons. The topological polar surface area (TPSA) is 59.8 Å². The van der Waals surface area contributed by atoms with Crippen molar-refractivity contribution in [3.8, 4) is 0 Å². The summed E-state index contributed by atoms with van der Waals surface area (Å²) in [6.07, 6.45) is 1.10. The highest BCUT2D eigenvalue weighted by molar-refractivity contribution is 5.75. The average Bonchev–Trinajstić information content (AvgIpc) is 2.44. The van der Waals surface area contributed by atoms with Gasteiger partial charge in [-0.2, -0.15) is 0 Å². The molecule has 1 heterocycles. The van der Waals surface area contributed by atoms with E-state index in [0.717, 1.165) is 11.6 Å². The van der Waals surface area contributed by atoms with Crippen LogP contribution in [0.1, 0.15) is 18.1 Å². The van der Waals surface area contributed by atoms with Crippen LogP contribution in [0.15, 0.2) is 0 Å². The van der Waals surface area contributed by atoms with Crippen molar-refractivity contribution in [2.75, 3.05) is 7.05 Å². The van der Waals surface area contributed by atoms with Gasteiger partial charge in [0.1, 0.15) is 11.6 Å². The summed E-state index contributed by atoms with van der Waals surface area (Å²) in [5.41, 5.74) is 0. The maximum Gasteiger partial charge on any atom is 0.220 e. The fourth-order valence-corrected chi connectivity index (χ4v) is 1.02. The number of carbonyl (C=O) groups is 1. The predicted octanol–water partition coefficient (Wildman–Crippen LogP) is -0.198. The van der Waals surface area contributed by atoms with Crippen LogP contribution in [-0.2, 0) is 18.3 Å². The van der Waals surface area contributed by atoms with Gasteiger partial charge in [-0.3, -0.25) is 4.79 Å². The Kier molecular flexibility index (Phi) is 3.00. The van der Waals surface area contributed by atoms with Gasteiger partial charge in [0, 0.05) is 26.9 Å². The Morgan fingerprint density at radius 2 is 2.23 bits per heavy atom. The average molecular weight is 182 g/mol. The molecule has 1 amide bonds. The first-order chi connectivity index (χ1) is 6.15. The van der Waals surface area contributed by atoms with Gasteiger partial charge in [-0.15, -0.1) is 10.2 Å². The second-order valence-corrected chi connectivity index (χ2v) is 2.90. The Bertz CT molecular complexity index is 305. The Morgan fingerprint density at radius 3 is 2.69 bits per heavy atom. The Labute approximate surface area is 77.2 Å². The second kappa shape index (κ2) is 4.02. The van der Waals surface area contributed by atoms with Crippen LogP contribution in [0.3, 0.4) is 0 Å². The van der Waals surface area contributed by atoms with Crippen LogP contribution in [0.2, 0.25) is 0 Å². The summed E-state index contributed by atoms with van der Waals surface area (Å²) in [4.78, 5) is 10.9. The largest absolute Gasteiger partial charge is 0.359 e. The minimum Gasteiger partial charge on any atom is -0.359 e. The summed E-state index contributed by atoms with van der Waals surface area (Å²) in [5, 5.41) is 10.4. The van der Waals surface area contributed by atoms with Crippen LogP contribution in [0.4, 0.5) is 0 Å². The van der Waals surface area contributed by atoms with Crippen molar-refractivity contribution in [2.45, 2.75) is 19.8 Å². The molecule has 5 nitrogen and oxygen atoms in total. The van der Waals surface area contributed by atoms with Crippen LogP contribution in [0.25, 0.3) is 0 Å².